The number of nitrogens with zero attached hydrogens (tertiary/aromatic N) is 1. The Bertz CT molecular complexity index is 399. The molecule has 0 aromatic carbocycles. The minimum absolute atomic E-state index is 0.135. The van der Waals surface area contributed by atoms with Crippen molar-refractivity contribution >= 4 is 27.3 Å². The van der Waals surface area contributed by atoms with Gasteiger partial charge in [0.1, 0.15) is 0 Å². The third-order valence-electron chi connectivity index (χ3n) is 4.32. The van der Waals surface area contributed by atoms with E-state index in [-0.39, 0.29) is 5.41 Å². The molecule has 2 rings (SSSR count). The minimum atomic E-state index is 0.135. The predicted molar refractivity (Wildman–Crippen MR) is 85.5 cm³/mol. The predicted octanol–water partition coefficient (Wildman–Crippen LogP) is 4.13. The van der Waals surface area contributed by atoms with E-state index in [2.05, 4.69) is 46.2 Å². The quantitative estimate of drug-likeness (QED) is 0.867. The van der Waals surface area contributed by atoms with Gasteiger partial charge >= 0.3 is 0 Å². The number of halogens is 1. The van der Waals surface area contributed by atoms with Crippen LogP contribution in [0.4, 0.5) is 0 Å². The average Bonchev–Trinajstić information content (AvgIpc) is 2.78. The molecule has 0 unspecified atom stereocenters. The van der Waals surface area contributed by atoms with Gasteiger partial charge in [0.15, 0.2) is 0 Å². The second-order valence-electron chi connectivity index (χ2n) is 6.24. The van der Waals surface area contributed by atoms with Crippen LogP contribution in [-0.4, -0.2) is 30.2 Å². The second-order valence-corrected chi connectivity index (χ2v) is 8.16. The van der Waals surface area contributed by atoms with Crippen LogP contribution in [-0.2, 0) is 6.54 Å². The topological polar surface area (TPSA) is 23.5 Å². The lowest BCUT2D eigenvalue weighted by Crippen LogP contribution is -2.40. The highest BCUT2D eigenvalue weighted by molar-refractivity contribution is 9.10. The van der Waals surface area contributed by atoms with Crippen LogP contribution in [0.5, 0.6) is 0 Å². The van der Waals surface area contributed by atoms with Crippen molar-refractivity contribution in [2.24, 2.45) is 11.3 Å². The number of aliphatic hydroxyl groups is 1. The van der Waals surface area contributed by atoms with Crippen molar-refractivity contribution in [2.75, 3.05) is 20.2 Å². The zero-order chi connectivity index (χ0) is 13.9. The van der Waals surface area contributed by atoms with Gasteiger partial charge in [0.05, 0.1) is 0 Å². The van der Waals surface area contributed by atoms with Gasteiger partial charge in [-0.05, 0) is 47.8 Å². The van der Waals surface area contributed by atoms with Crippen LogP contribution in [0.3, 0.4) is 0 Å². The van der Waals surface area contributed by atoms with Gasteiger partial charge in [0.25, 0.3) is 0 Å². The summed E-state index contributed by atoms with van der Waals surface area (Å²) in [7, 11) is 2.17. The Kier molecular flexibility index (Phi) is 5.46. The summed E-state index contributed by atoms with van der Waals surface area (Å²) < 4.78 is 1.17. The molecule has 0 spiro atoms. The first-order chi connectivity index (χ1) is 9.03. The molecule has 1 fully saturated rings. The normalized spacial score (nSPS) is 27.9. The van der Waals surface area contributed by atoms with E-state index in [1.165, 1.54) is 35.0 Å². The summed E-state index contributed by atoms with van der Waals surface area (Å²) in [6, 6.07) is 2.19. The number of thiophene rings is 1. The van der Waals surface area contributed by atoms with Gasteiger partial charge in [0, 0.05) is 39.8 Å². The van der Waals surface area contributed by atoms with E-state index in [9.17, 15) is 5.11 Å². The second kappa shape index (κ2) is 6.70. The molecule has 1 N–H and O–H groups in total. The van der Waals surface area contributed by atoms with Gasteiger partial charge in [-0.25, -0.2) is 0 Å². The van der Waals surface area contributed by atoms with Gasteiger partial charge in [-0.15, -0.1) is 11.3 Å². The molecule has 0 aliphatic heterocycles. The maximum Gasteiger partial charge on any atom is 0.0499 e. The zero-order valence-corrected chi connectivity index (χ0v) is 14.3. The van der Waals surface area contributed by atoms with Crippen molar-refractivity contribution in [1.29, 1.82) is 0 Å². The number of hydrogen-bond acceptors (Lipinski definition) is 3. The highest BCUT2D eigenvalue weighted by Crippen LogP contribution is 2.39. The molecule has 1 aliphatic carbocycles. The number of rotatable bonds is 5. The van der Waals surface area contributed by atoms with E-state index < -0.39 is 0 Å². The summed E-state index contributed by atoms with van der Waals surface area (Å²) in [6.07, 6.45) is 4.87. The molecule has 4 heteroatoms. The summed E-state index contributed by atoms with van der Waals surface area (Å²) in [6.45, 7) is 4.64. The Morgan fingerprint density at radius 1 is 1.47 bits per heavy atom. The molecule has 2 nitrogen and oxygen atoms in total. The van der Waals surface area contributed by atoms with E-state index >= 15 is 0 Å². The van der Waals surface area contributed by atoms with Crippen LogP contribution in [0.25, 0.3) is 0 Å². The smallest absolute Gasteiger partial charge is 0.0499 e. The third-order valence-corrected chi connectivity index (χ3v) is 6.01. The summed E-state index contributed by atoms with van der Waals surface area (Å²) in [5, 5.41) is 11.9. The monoisotopic (exact) mass is 345 g/mol. The Hall–Kier alpha value is 0.1000. The minimum Gasteiger partial charge on any atom is -0.396 e. The maximum absolute atomic E-state index is 9.82. The van der Waals surface area contributed by atoms with E-state index in [0.29, 0.717) is 6.61 Å². The molecule has 0 amide bonds. The maximum atomic E-state index is 9.82. The Balaban J connectivity index is 1.90. The first kappa shape index (κ1) is 15.5. The van der Waals surface area contributed by atoms with Crippen LogP contribution in [0.15, 0.2) is 15.9 Å². The van der Waals surface area contributed by atoms with Gasteiger partial charge in [0.2, 0.25) is 0 Å². The van der Waals surface area contributed by atoms with Gasteiger partial charge in [-0.3, -0.25) is 0 Å². The van der Waals surface area contributed by atoms with Crippen LogP contribution in [0, 0.1) is 11.3 Å². The molecule has 19 heavy (non-hydrogen) atoms. The fourth-order valence-electron chi connectivity index (χ4n) is 3.07. The molecule has 1 aromatic heterocycles. The number of hydrogen-bond donors (Lipinski definition) is 1. The standard InChI is InChI=1S/C15H24BrNOS/c1-12-3-5-15(11-18,6-4-12)10-17(2)8-14-7-13(16)9-19-14/h7,9,12,18H,3-6,8,10-11H2,1-2H3. The third kappa shape index (κ3) is 4.28. The zero-order valence-electron chi connectivity index (χ0n) is 11.9. The van der Waals surface area contributed by atoms with Gasteiger partial charge in [-0.1, -0.05) is 19.8 Å². The van der Waals surface area contributed by atoms with Crippen LogP contribution < -0.4 is 0 Å². The van der Waals surface area contributed by atoms with E-state index in [0.717, 1.165) is 19.0 Å². The van der Waals surface area contributed by atoms with Crippen molar-refractivity contribution in [3.05, 3.63) is 20.8 Å². The van der Waals surface area contributed by atoms with Crippen molar-refractivity contribution in [3.63, 3.8) is 0 Å². The van der Waals surface area contributed by atoms with Crippen molar-refractivity contribution < 1.29 is 5.11 Å². The lowest BCUT2D eigenvalue weighted by atomic mass is 9.71. The Labute approximate surface area is 129 Å². The number of aliphatic hydroxyl groups excluding tert-OH is 1. The highest BCUT2D eigenvalue weighted by Gasteiger charge is 2.34. The molecule has 1 heterocycles. The fraction of sp³-hybridized carbons (Fsp3) is 0.733. The molecule has 1 aliphatic rings. The van der Waals surface area contributed by atoms with Crippen LogP contribution in [0.2, 0.25) is 0 Å². The van der Waals surface area contributed by atoms with Crippen molar-refractivity contribution in [2.45, 2.75) is 39.2 Å². The molecule has 0 radical (unpaired) electrons. The molecular weight excluding hydrogens is 322 g/mol. The largest absolute Gasteiger partial charge is 0.396 e. The summed E-state index contributed by atoms with van der Waals surface area (Å²) in [4.78, 5) is 3.75. The highest BCUT2D eigenvalue weighted by atomic mass is 79.9. The lowest BCUT2D eigenvalue weighted by Gasteiger charge is -2.40. The van der Waals surface area contributed by atoms with Crippen molar-refractivity contribution in [1.82, 2.24) is 4.90 Å². The molecule has 0 bridgehead atoms. The first-order valence-electron chi connectivity index (χ1n) is 7.05. The summed E-state index contributed by atoms with van der Waals surface area (Å²) >= 11 is 5.30. The van der Waals surface area contributed by atoms with Crippen molar-refractivity contribution in [3.8, 4) is 0 Å². The Morgan fingerprint density at radius 2 is 2.16 bits per heavy atom. The first-order valence-corrected chi connectivity index (χ1v) is 8.72. The average molecular weight is 346 g/mol. The van der Waals surface area contributed by atoms with E-state index in [1.54, 1.807) is 11.3 Å². The Morgan fingerprint density at radius 3 is 2.68 bits per heavy atom. The molecule has 1 saturated carbocycles. The summed E-state index contributed by atoms with van der Waals surface area (Å²) in [5.41, 5.74) is 0.135. The van der Waals surface area contributed by atoms with Gasteiger partial charge < -0.3 is 10.0 Å². The molecular formula is C15H24BrNOS. The van der Waals surface area contributed by atoms with E-state index in [1.807, 2.05) is 0 Å². The van der Waals surface area contributed by atoms with Crippen LogP contribution in [0.1, 0.15) is 37.5 Å². The molecule has 0 saturated heterocycles. The lowest BCUT2D eigenvalue weighted by molar-refractivity contribution is 0.0349. The molecule has 108 valence electrons. The van der Waals surface area contributed by atoms with Crippen LogP contribution >= 0.6 is 27.3 Å². The fourth-order valence-corrected chi connectivity index (χ4v) is 4.60. The van der Waals surface area contributed by atoms with Gasteiger partial charge in [-0.2, -0.15) is 0 Å². The molecule has 1 aromatic rings. The molecule has 0 atom stereocenters. The SMILES string of the molecule is CC1CCC(CO)(CN(C)Cc2cc(Br)cs2)CC1. The summed E-state index contributed by atoms with van der Waals surface area (Å²) in [5.74, 6) is 0.832. The van der Waals surface area contributed by atoms with E-state index in [4.69, 9.17) is 0 Å².